The van der Waals surface area contributed by atoms with E-state index in [-0.39, 0.29) is 11.5 Å². The molecular formula is C16H22O3S. The molecule has 1 spiro atoms. The topological polar surface area (TPSA) is 35.5 Å². The minimum absolute atomic E-state index is 0.146. The highest BCUT2D eigenvalue weighted by molar-refractivity contribution is 7.09. The number of hydrogen-bond donors (Lipinski definition) is 0. The first-order chi connectivity index (χ1) is 9.77. The summed E-state index contributed by atoms with van der Waals surface area (Å²) in [6.45, 7) is 2.16. The molecule has 2 aliphatic rings. The van der Waals surface area contributed by atoms with Gasteiger partial charge in [0, 0.05) is 36.9 Å². The van der Waals surface area contributed by atoms with E-state index in [1.807, 2.05) is 0 Å². The van der Waals surface area contributed by atoms with E-state index in [1.54, 1.807) is 11.3 Å². The van der Waals surface area contributed by atoms with Gasteiger partial charge >= 0.3 is 0 Å². The number of carbonyl (C=O) groups excluding carboxylic acids is 1. The van der Waals surface area contributed by atoms with Crippen molar-refractivity contribution in [1.82, 2.24) is 0 Å². The summed E-state index contributed by atoms with van der Waals surface area (Å²) in [5.74, 6) is 0.616. The van der Waals surface area contributed by atoms with Crippen molar-refractivity contribution < 1.29 is 14.3 Å². The fourth-order valence-electron chi connectivity index (χ4n) is 3.26. The second-order valence-electron chi connectivity index (χ2n) is 5.92. The van der Waals surface area contributed by atoms with E-state index in [2.05, 4.69) is 17.5 Å². The molecule has 2 atom stereocenters. The van der Waals surface area contributed by atoms with Crippen molar-refractivity contribution in [2.75, 3.05) is 19.8 Å². The van der Waals surface area contributed by atoms with Crippen LogP contribution in [0.2, 0.25) is 0 Å². The van der Waals surface area contributed by atoms with Crippen molar-refractivity contribution >= 4 is 17.1 Å². The number of ether oxygens (including phenoxy) is 2. The molecule has 0 radical (unpaired) electrons. The Bertz CT molecular complexity index is 435. The normalized spacial score (nSPS) is 29.9. The van der Waals surface area contributed by atoms with Gasteiger partial charge in [0.15, 0.2) is 0 Å². The summed E-state index contributed by atoms with van der Waals surface area (Å²) in [7, 11) is 0. The predicted octanol–water partition coefficient (Wildman–Crippen LogP) is 3.23. The molecule has 1 aromatic rings. The molecule has 4 heteroatoms. The van der Waals surface area contributed by atoms with Crippen LogP contribution in [0.15, 0.2) is 17.5 Å². The standard InChI is InChI=1S/C16H22O3S/c17-15(5-1-3-14-4-2-10-20-14)13-6-8-19-16(11-13)7-9-18-12-16/h2,4,10,13H,1,3,5-9,11-12H2. The molecule has 0 aliphatic carbocycles. The number of thiophene rings is 1. The third-order valence-corrected chi connectivity index (χ3v) is 5.38. The smallest absolute Gasteiger partial charge is 0.136 e. The van der Waals surface area contributed by atoms with Crippen LogP contribution < -0.4 is 0 Å². The molecule has 2 aliphatic heterocycles. The van der Waals surface area contributed by atoms with Gasteiger partial charge in [0.25, 0.3) is 0 Å². The van der Waals surface area contributed by atoms with E-state index in [0.29, 0.717) is 25.4 Å². The maximum atomic E-state index is 12.4. The van der Waals surface area contributed by atoms with E-state index in [9.17, 15) is 4.79 Å². The molecule has 3 heterocycles. The van der Waals surface area contributed by atoms with E-state index < -0.39 is 0 Å². The Labute approximate surface area is 124 Å². The van der Waals surface area contributed by atoms with Crippen LogP contribution >= 0.6 is 11.3 Å². The van der Waals surface area contributed by atoms with Gasteiger partial charge in [-0.05, 0) is 37.1 Å². The first-order valence-corrected chi connectivity index (χ1v) is 8.42. The van der Waals surface area contributed by atoms with Crippen LogP contribution in [0.5, 0.6) is 0 Å². The summed E-state index contributed by atoms with van der Waals surface area (Å²) in [5.41, 5.74) is -0.146. The zero-order valence-corrected chi connectivity index (χ0v) is 12.6. The fraction of sp³-hybridized carbons (Fsp3) is 0.688. The molecule has 2 unspecified atom stereocenters. The van der Waals surface area contributed by atoms with Gasteiger partial charge in [-0.15, -0.1) is 11.3 Å². The lowest BCUT2D eigenvalue weighted by Crippen LogP contribution is -2.42. The van der Waals surface area contributed by atoms with Crippen LogP contribution in [0.4, 0.5) is 0 Å². The van der Waals surface area contributed by atoms with Crippen LogP contribution in [0.1, 0.15) is 37.0 Å². The van der Waals surface area contributed by atoms with E-state index in [4.69, 9.17) is 9.47 Å². The molecule has 20 heavy (non-hydrogen) atoms. The van der Waals surface area contributed by atoms with Crippen LogP contribution in [-0.2, 0) is 20.7 Å². The summed E-state index contributed by atoms with van der Waals surface area (Å²) in [5, 5.41) is 2.10. The van der Waals surface area contributed by atoms with E-state index in [0.717, 1.165) is 38.7 Å². The molecule has 3 nitrogen and oxygen atoms in total. The predicted molar refractivity (Wildman–Crippen MR) is 79.1 cm³/mol. The minimum atomic E-state index is -0.146. The lowest BCUT2D eigenvalue weighted by Gasteiger charge is -2.36. The summed E-state index contributed by atoms with van der Waals surface area (Å²) >= 11 is 1.78. The van der Waals surface area contributed by atoms with Gasteiger partial charge < -0.3 is 9.47 Å². The number of rotatable bonds is 5. The van der Waals surface area contributed by atoms with Gasteiger partial charge in [-0.1, -0.05) is 6.07 Å². The zero-order valence-electron chi connectivity index (χ0n) is 11.8. The molecular weight excluding hydrogens is 272 g/mol. The van der Waals surface area contributed by atoms with Gasteiger partial charge in [0.1, 0.15) is 5.78 Å². The van der Waals surface area contributed by atoms with Crippen molar-refractivity contribution in [1.29, 1.82) is 0 Å². The van der Waals surface area contributed by atoms with Gasteiger partial charge in [-0.2, -0.15) is 0 Å². The molecule has 0 N–H and O–H groups in total. The lowest BCUT2D eigenvalue weighted by molar-refractivity contribution is -0.137. The second-order valence-corrected chi connectivity index (χ2v) is 6.96. The SMILES string of the molecule is O=C(CCCc1cccs1)C1CCOC2(CCOC2)C1. The maximum Gasteiger partial charge on any atom is 0.136 e. The summed E-state index contributed by atoms with van der Waals surface area (Å²) in [6.07, 6.45) is 5.41. The Balaban J connectivity index is 1.47. The monoisotopic (exact) mass is 294 g/mol. The van der Waals surface area contributed by atoms with Gasteiger partial charge in [-0.25, -0.2) is 0 Å². The quantitative estimate of drug-likeness (QED) is 0.836. The Morgan fingerprint density at radius 1 is 1.45 bits per heavy atom. The number of Topliss-reactive ketones (excluding diaryl/α,β-unsaturated/α-hetero) is 1. The first-order valence-electron chi connectivity index (χ1n) is 7.54. The van der Waals surface area contributed by atoms with Gasteiger partial charge in [0.05, 0.1) is 12.2 Å². The van der Waals surface area contributed by atoms with Crippen LogP contribution in [0, 0.1) is 5.92 Å². The Morgan fingerprint density at radius 3 is 3.15 bits per heavy atom. The molecule has 0 saturated carbocycles. The lowest BCUT2D eigenvalue weighted by atomic mass is 9.82. The molecule has 0 amide bonds. The molecule has 3 rings (SSSR count). The number of hydrogen-bond acceptors (Lipinski definition) is 4. The van der Waals surface area contributed by atoms with Crippen molar-refractivity contribution in [3.05, 3.63) is 22.4 Å². The summed E-state index contributed by atoms with van der Waals surface area (Å²) in [4.78, 5) is 13.8. The average molecular weight is 294 g/mol. The van der Waals surface area contributed by atoms with Gasteiger partial charge in [0.2, 0.25) is 0 Å². The highest BCUT2D eigenvalue weighted by Gasteiger charge is 2.42. The molecule has 0 aromatic carbocycles. The number of aryl methyl sites for hydroxylation is 1. The number of ketones is 1. The Kier molecular flexibility index (Phi) is 4.54. The first kappa shape index (κ1) is 14.2. The molecule has 2 fully saturated rings. The molecule has 110 valence electrons. The summed E-state index contributed by atoms with van der Waals surface area (Å²) < 4.78 is 11.4. The van der Waals surface area contributed by atoms with Crippen molar-refractivity contribution in [2.24, 2.45) is 5.92 Å². The van der Waals surface area contributed by atoms with E-state index >= 15 is 0 Å². The number of carbonyl (C=O) groups is 1. The fourth-order valence-corrected chi connectivity index (χ4v) is 4.01. The summed E-state index contributed by atoms with van der Waals surface area (Å²) in [6, 6.07) is 4.22. The van der Waals surface area contributed by atoms with Crippen LogP contribution in [-0.4, -0.2) is 31.2 Å². The Morgan fingerprint density at radius 2 is 2.40 bits per heavy atom. The minimum Gasteiger partial charge on any atom is -0.378 e. The van der Waals surface area contributed by atoms with Gasteiger partial charge in [-0.3, -0.25) is 4.79 Å². The van der Waals surface area contributed by atoms with Crippen molar-refractivity contribution in [2.45, 2.75) is 44.1 Å². The van der Waals surface area contributed by atoms with E-state index in [1.165, 1.54) is 4.88 Å². The third-order valence-electron chi connectivity index (χ3n) is 4.44. The van der Waals surface area contributed by atoms with Crippen LogP contribution in [0.3, 0.4) is 0 Å². The molecule has 2 saturated heterocycles. The molecule has 1 aromatic heterocycles. The average Bonchev–Trinajstić information content (AvgIpc) is 3.11. The highest BCUT2D eigenvalue weighted by Crippen LogP contribution is 2.36. The third kappa shape index (κ3) is 3.30. The van der Waals surface area contributed by atoms with Crippen molar-refractivity contribution in [3.63, 3.8) is 0 Å². The van der Waals surface area contributed by atoms with Crippen LogP contribution in [0.25, 0.3) is 0 Å². The zero-order chi connectivity index (χ0) is 13.8. The second kappa shape index (κ2) is 6.37. The maximum absolute atomic E-state index is 12.4. The van der Waals surface area contributed by atoms with Crippen molar-refractivity contribution in [3.8, 4) is 0 Å². The largest absolute Gasteiger partial charge is 0.378 e. The highest BCUT2D eigenvalue weighted by atomic mass is 32.1. The molecule has 0 bridgehead atoms. The Hall–Kier alpha value is -0.710.